The molecule has 1 aliphatic heterocycles. The number of nitrogens with zero attached hydrogens (tertiary/aromatic N) is 2. The molecule has 1 fully saturated rings. The SMILES string of the molecule is O=C1N=C2CCCC(c3ccccc3)C2=N1. The van der Waals surface area contributed by atoms with Crippen molar-refractivity contribution in [2.45, 2.75) is 25.2 Å². The number of hydrogen-bond acceptors (Lipinski definition) is 1. The summed E-state index contributed by atoms with van der Waals surface area (Å²) < 4.78 is 0. The first-order valence-electron chi connectivity index (χ1n) is 5.60. The van der Waals surface area contributed by atoms with Gasteiger partial charge in [0.15, 0.2) is 0 Å². The van der Waals surface area contributed by atoms with E-state index in [0.717, 1.165) is 30.7 Å². The second-order valence-corrected chi connectivity index (χ2v) is 4.19. The van der Waals surface area contributed by atoms with Crippen molar-refractivity contribution in [3.8, 4) is 0 Å². The molecule has 0 bridgehead atoms. The summed E-state index contributed by atoms with van der Waals surface area (Å²) in [5.41, 5.74) is 3.05. The van der Waals surface area contributed by atoms with Crippen molar-refractivity contribution in [3.05, 3.63) is 35.9 Å². The van der Waals surface area contributed by atoms with Gasteiger partial charge in [0.25, 0.3) is 0 Å². The van der Waals surface area contributed by atoms with Crippen LogP contribution < -0.4 is 0 Å². The molecule has 2 aliphatic rings. The number of fused-ring (bicyclic) bond motifs is 1. The van der Waals surface area contributed by atoms with Crippen molar-refractivity contribution in [1.82, 2.24) is 0 Å². The van der Waals surface area contributed by atoms with Crippen LogP contribution in [0.5, 0.6) is 0 Å². The fraction of sp³-hybridized carbons (Fsp3) is 0.308. The third kappa shape index (κ3) is 1.48. The average molecular weight is 212 g/mol. The van der Waals surface area contributed by atoms with E-state index < -0.39 is 0 Å². The van der Waals surface area contributed by atoms with Gasteiger partial charge < -0.3 is 0 Å². The van der Waals surface area contributed by atoms with Gasteiger partial charge in [-0.15, -0.1) is 0 Å². The first kappa shape index (κ1) is 9.46. The topological polar surface area (TPSA) is 41.8 Å². The molecule has 3 heteroatoms. The molecule has 1 aliphatic carbocycles. The average Bonchev–Trinajstić information content (AvgIpc) is 2.70. The molecule has 0 spiro atoms. The van der Waals surface area contributed by atoms with E-state index in [1.807, 2.05) is 18.2 Å². The lowest BCUT2D eigenvalue weighted by Crippen LogP contribution is -2.25. The zero-order valence-corrected chi connectivity index (χ0v) is 8.89. The van der Waals surface area contributed by atoms with Crippen LogP contribution in [0.2, 0.25) is 0 Å². The highest BCUT2D eigenvalue weighted by Crippen LogP contribution is 2.31. The van der Waals surface area contributed by atoms with E-state index in [2.05, 4.69) is 22.1 Å². The molecule has 0 radical (unpaired) electrons. The maximum absolute atomic E-state index is 11.2. The van der Waals surface area contributed by atoms with Crippen LogP contribution >= 0.6 is 0 Å². The summed E-state index contributed by atoms with van der Waals surface area (Å²) in [5, 5.41) is 0. The van der Waals surface area contributed by atoms with Crippen LogP contribution in [-0.4, -0.2) is 17.5 Å². The fourth-order valence-electron chi connectivity index (χ4n) is 2.45. The maximum Gasteiger partial charge on any atom is 0.367 e. The summed E-state index contributed by atoms with van der Waals surface area (Å²) in [6.45, 7) is 0. The predicted octanol–water partition coefficient (Wildman–Crippen LogP) is 2.97. The Balaban J connectivity index is 2.00. The van der Waals surface area contributed by atoms with Crippen LogP contribution in [0.4, 0.5) is 4.79 Å². The summed E-state index contributed by atoms with van der Waals surface area (Å²) in [6.07, 6.45) is 3.05. The Morgan fingerprint density at radius 3 is 2.75 bits per heavy atom. The van der Waals surface area contributed by atoms with Crippen LogP contribution in [0.1, 0.15) is 30.7 Å². The first-order chi connectivity index (χ1) is 7.84. The van der Waals surface area contributed by atoms with Crippen molar-refractivity contribution >= 4 is 17.5 Å². The van der Waals surface area contributed by atoms with Crippen molar-refractivity contribution in [2.24, 2.45) is 9.98 Å². The lowest BCUT2D eigenvalue weighted by molar-refractivity contribution is 0.257. The zero-order valence-electron chi connectivity index (χ0n) is 8.89. The number of urea groups is 1. The molecule has 3 rings (SSSR count). The monoisotopic (exact) mass is 212 g/mol. The summed E-state index contributed by atoms with van der Waals surface area (Å²) in [6, 6.07) is 9.92. The Hall–Kier alpha value is -1.77. The minimum Gasteiger partial charge on any atom is -0.244 e. The third-order valence-electron chi connectivity index (χ3n) is 3.18. The zero-order chi connectivity index (χ0) is 11.0. The van der Waals surface area contributed by atoms with Gasteiger partial charge in [-0.2, -0.15) is 9.98 Å². The molecule has 16 heavy (non-hydrogen) atoms. The Morgan fingerprint density at radius 2 is 1.94 bits per heavy atom. The van der Waals surface area contributed by atoms with Crippen LogP contribution in [-0.2, 0) is 0 Å². The van der Waals surface area contributed by atoms with Crippen LogP contribution in [0.15, 0.2) is 40.3 Å². The number of rotatable bonds is 1. The minimum atomic E-state index is -0.326. The smallest absolute Gasteiger partial charge is 0.244 e. The third-order valence-corrected chi connectivity index (χ3v) is 3.18. The van der Waals surface area contributed by atoms with Gasteiger partial charge in [-0.1, -0.05) is 30.3 Å². The molecule has 1 aromatic carbocycles. The molecule has 1 saturated carbocycles. The van der Waals surface area contributed by atoms with Crippen LogP contribution in [0.3, 0.4) is 0 Å². The molecule has 80 valence electrons. The lowest BCUT2D eigenvalue weighted by atomic mass is 9.81. The largest absolute Gasteiger partial charge is 0.367 e. The van der Waals surface area contributed by atoms with Crippen molar-refractivity contribution < 1.29 is 4.79 Å². The van der Waals surface area contributed by atoms with Gasteiger partial charge in [-0.05, 0) is 24.8 Å². The second-order valence-electron chi connectivity index (χ2n) is 4.19. The molecular weight excluding hydrogens is 200 g/mol. The van der Waals surface area contributed by atoms with E-state index in [0.29, 0.717) is 0 Å². The maximum atomic E-state index is 11.2. The van der Waals surface area contributed by atoms with Gasteiger partial charge in [-0.3, -0.25) is 0 Å². The van der Waals surface area contributed by atoms with Gasteiger partial charge >= 0.3 is 6.03 Å². The molecule has 0 saturated heterocycles. The predicted molar refractivity (Wildman–Crippen MR) is 63.3 cm³/mol. The van der Waals surface area contributed by atoms with E-state index in [1.54, 1.807) is 0 Å². The molecular formula is C13H12N2O. The molecule has 3 nitrogen and oxygen atoms in total. The van der Waals surface area contributed by atoms with Gasteiger partial charge in [0.05, 0.1) is 11.4 Å². The van der Waals surface area contributed by atoms with Gasteiger partial charge in [-0.25, -0.2) is 4.79 Å². The van der Waals surface area contributed by atoms with Crippen molar-refractivity contribution in [2.75, 3.05) is 0 Å². The first-order valence-corrected chi connectivity index (χ1v) is 5.60. The Bertz CT molecular complexity index is 488. The van der Waals surface area contributed by atoms with Gasteiger partial charge in [0.2, 0.25) is 0 Å². The number of carbonyl (C=O) groups is 1. The lowest BCUT2D eigenvalue weighted by Gasteiger charge is -2.23. The van der Waals surface area contributed by atoms with E-state index in [9.17, 15) is 4.79 Å². The molecule has 1 heterocycles. The number of aliphatic imine (C=N–C) groups is 2. The number of benzene rings is 1. The van der Waals surface area contributed by atoms with Crippen LogP contribution in [0.25, 0.3) is 0 Å². The molecule has 1 atom stereocenters. The van der Waals surface area contributed by atoms with E-state index in [4.69, 9.17) is 0 Å². The second kappa shape index (κ2) is 3.67. The minimum absolute atomic E-state index is 0.264. The van der Waals surface area contributed by atoms with Crippen LogP contribution in [0, 0.1) is 0 Å². The highest BCUT2D eigenvalue weighted by Gasteiger charge is 2.31. The molecule has 0 aromatic heterocycles. The van der Waals surface area contributed by atoms with E-state index in [1.165, 1.54) is 5.56 Å². The number of hydrogen-bond donors (Lipinski definition) is 0. The van der Waals surface area contributed by atoms with Crippen molar-refractivity contribution in [3.63, 3.8) is 0 Å². The highest BCUT2D eigenvalue weighted by atomic mass is 16.2. The molecule has 1 aromatic rings. The Morgan fingerprint density at radius 1 is 1.12 bits per heavy atom. The Labute approximate surface area is 93.9 Å². The van der Waals surface area contributed by atoms with Crippen molar-refractivity contribution in [1.29, 1.82) is 0 Å². The van der Waals surface area contributed by atoms with Gasteiger partial charge in [0, 0.05) is 5.92 Å². The standard InChI is InChI=1S/C13H12N2O/c16-13-14-11-8-4-7-10(12(11)15-13)9-5-2-1-3-6-9/h1-3,5-6,10H,4,7-8H2. The molecule has 1 unspecified atom stereocenters. The van der Waals surface area contributed by atoms with E-state index >= 15 is 0 Å². The Kier molecular flexibility index (Phi) is 2.17. The summed E-state index contributed by atoms with van der Waals surface area (Å²) in [4.78, 5) is 19.2. The normalized spacial score (nSPS) is 23.8. The molecule has 0 N–H and O–H groups in total. The number of carbonyl (C=O) groups excluding carboxylic acids is 1. The summed E-state index contributed by atoms with van der Waals surface area (Å²) in [5.74, 6) is 0.264. The van der Waals surface area contributed by atoms with E-state index in [-0.39, 0.29) is 11.9 Å². The summed E-state index contributed by atoms with van der Waals surface area (Å²) in [7, 11) is 0. The highest BCUT2D eigenvalue weighted by molar-refractivity contribution is 6.49. The quantitative estimate of drug-likeness (QED) is 0.705. The summed E-state index contributed by atoms with van der Waals surface area (Å²) >= 11 is 0. The van der Waals surface area contributed by atoms with Gasteiger partial charge in [0.1, 0.15) is 0 Å². The number of amides is 2. The fourth-order valence-corrected chi connectivity index (χ4v) is 2.45. The molecule has 2 amide bonds.